The summed E-state index contributed by atoms with van der Waals surface area (Å²) in [6.45, 7) is 0. The van der Waals surface area contributed by atoms with E-state index in [2.05, 4.69) is 347 Å². The van der Waals surface area contributed by atoms with Crippen LogP contribution in [0, 0.1) is 0 Å². The average Bonchev–Trinajstić information content (AvgIpc) is 4.04. The van der Waals surface area contributed by atoms with Crippen molar-refractivity contribution in [2.24, 2.45) is 0 Å². The summed E-state index contributed by atoms with van der Waals surface area (Å²) in [7, 11) is 0. The SMILES string of the molecule is c1ccc(-c2ccc(-n3c(-c4ccccc4)c(-c4ccccc4)c4cc(-c5ccc(N(c6ccc(N(c7ccccc7)c7ccccc7)cc6)c6ccc(N(c7ccccc7)c7ccccc7)cc6)cc5)ccc43)cc2)cc1. The number of anilines is 9. The number of fused-ring (bicyclic) bond motifs is 1. The standard InChI is InChI=1S/C74H54N4/c1-8-22-55(23-9-1)56-36-43-70(44-37-56)78-72-53-40-60(54-71(72)73(58-24-10-2-11-25-58)74(78)59-26-12-3-13-27-59)57-38-41-65(42-39-57)77(68-49-45-66(46-50-68)75(61-28-14-4-15-29-61)62-30-16-5-17-31-62)69-51-47-67(48-52-69)76(63-32-18-6-19-33-63)64-34-20-7-21-35-64/h1-54H. The highest BCUT2D eigenvalue weighted by atomic mass is 15.2. The minimum atomic E-state index is 1.05. The minimum absolute atomic E-state index is 1.05. The van der Waals surface area contributed by atoms with Crippen molar-refractivity contribution < 1.29 is 0 Å². The molecule has 0 spiro atoms. The summed E-state index contributed by atoms with van der Waals surface area (Å²) in [6.07, 6.45) is 0. The normalized spacial score (nSPS) is 11.1. The van der Waals surface area contributed by atoms with Gasteiger partial charge in [0.15, 0.2) is 0 Å². The summed E-state index contributed by atoms with van der Waals surface area (Å²) >= 11 is 0. The van der Waals surface area contributed by atoms with Crippen molar-refractivity contribution in [1.82, 2.24) is 4.57 Å². The molecule has 1 aromatic heterocycles. The first-order valence-corrected chi connectivity index (χ1v) is 26.6. The van der Waals surface area contributed by atoms with Gasteiger partial charge in [0.2, 0.25) is 0 Å². The third kappa shape index (κ3) is 9.40. The van der Waals surface area contributed by atoms with Gasteiger partial charge in [0.05, 0.1) is 11.2 Å². The summed E-state index contributed by atoms with van der Waals surface area (Å²) in [6, 6.07) is 117. The molecule has 0 saturated carbocycles. The van der Waals surface area contributed by atoms with E-state index in [4.69, 9.17) is 0 Å². The van der Waals surface area contributed by atoms with E-state index in [9.17, 15) is 0 Å². The molecule has 78 heavy (non-hydrogen) atoms. The molecule has 0 N–H and O–H groups in total. The van der Waals surface area contributed by atoms with Gasteiger partial charge in [-0.3, -0.25) is 0 Å². The highest BCUT2D eigenvalue weighted by molar-refractivity contribution is 6.07. The van der Waals surface area contributed by atoms with E-state index in [1.165, 1.54) is 27.6 Å². The van der Waals surface area contributed by atoms with E-state index in [-0.39, 0.29) is 0 Å². The zero-order chi connectivity index (χ0) is 52.0. The number of para-hydroxylation sites is 4. The summed E-state index contributed by atoms with van der Waals surface area (Å²) in [4.78, 5) is 6.96. The van der Waals surface area contributed by atoms with Gasteiger partial charge in [-0.15, -0.1) is 0 Å². The molecule has 1 heterocycles. The molecule has 370 valence electrons. The lowest BCUT2D eigenvalue weighted by molar-refractivity contribution is 1.14. The fourth-order valence-electron chi connectivity index (χ4n) is 10.9. The van der Waals surface area contributed by atoms with E-state index < -0.39 is 0 Å². The molecule has 13 rings (SSSR count). The molecule has 0 radical (unpaired) electrons. The molecule has 13 aromatic rings. The number of benzene rings is 12. The maximum atomic E-state index is 2.45. The number of hydrogen-bond acceptors (Lipinski definition) is 3. The van der Waals surface area contributed by atoms with Crippen LogP contribution in [0.4, 0.5) is 51.2 Å². The second-order valence-corrected chi connectivity index (χ2v) is 19.4. The van der Waals surface area contributed by atoms with Crippen molar-refractivity contribution in [3.05, 3.63) is 328 Å². The third-order valence-corrected chi connectivity index (χ3v) is 14.6. The summed E-state index contributed by atoms with van der Waals surface area (Å²) in [5.74, 6) is 0. The van der Waals surface area contributed by atoms with E-state index in [0.29, 0.717) is 0 Å². The van der Waals surface area contributed by atoms with Gasteiger partial charge in [0, 0.05) is 67.8 Å². The van der Waals surface area contributed by atoms with Crippen molar-refractivity contribution in [3.8, 4) is 50.3 Å². The molecule has 4 heteroatoms. The van der Waals surface area contributed by atoms with Gasteiger partial charge in [-0.05, 0) is 167 Å². The molecule has 0 saturated heterocycles. The van der Waals surface area contributed by atoms with Gasteiger partial charge in [-0.2, -0.15) is 0 Å². The van der Waals surface area contributed by atoms with Gasteiger partial charge in [0.1, 0.15) is 0 Å². The summed E-state index contributed by atoms with van der Waals surface area (Å²) < 4.78 is 2.45. The van der Waals surface area contributed by atoms with Gasteiger partial charge >= 0.3 is 0 Å². The molecule has 0 aliphatic rings. The van der Waals surface area contributed by atoms with E-state index in [1.54, 1.807) is 0 Å². The monoisotopic (exact) mass is 998 g/mol. The number of rotatable bonds is 14. The Morgan fingerprint density at radius 3 is 0.859 bits per heavy atom. The van der Waals surface area contributed by atoms with Crippen molar-refractivity contribution in [3.63, 3.8) is 0 Å². The lowest BCUT2D eigenvalue weighted by atomic mass is 9.96. The topological polar surface area (TPSA) is 14.7 Å². The number of aromatic nitrogens is 1. The van der Waals surface area contributed by atoms with Crippen LogP contribution in [-0.4, -0.2) is 4.57 Å². The molecule has 0 atom stereocenters. The first-order valence-electron chi connectivity index (χ1n) is 26.6. The second kappa shape index (κ2) is 21.4. The lowest BCUT2D eigenvalue weighted by Crippen LogP contribution is -2.13. The van der Waals surface area contributed by atoms with Crippen LogP contribution in [0.15, 0.2) is 328 Å². The van der Waals surface area contributed by atoms with Gasteiger partial charge in [-0.25, -0.2) is 0 Å². The highest BCUT2D eigenvalue weighted by Gasteiger charge is 2.23. The fraction of sp³-hybridized carbons (Fsp3) is 0. The summed E-state index contributed by atoms with van der Waals surface area (Å²) in [5, 5.41) is 1.19. The van der Waals surface area contributed by atoms with Crippen LogP contribution >= 0.6 is 0 Å². The first-order chi connectivity index (χ1) is 38.7. The Morgan fingerprint density at radius 2 is 0.474 bits per heavy atom. The molecule has 0 unspecified atom stereocenters. The molecular weight excluding hydrogens is 945 g/mol. The van der Waals surface area contributed by atoms with Crippen LogP contribution in [0.25, 0.3) is 61.2 Å². The third-order valence-electron chi connectivity index (χ3n) is 14.6. The zero-order valence-corrected chi connectivity index (χ0v) is 43.0. The van der Waals surface area contributed by atoms with E-state index in [0.717, 1.165) is 84.8 Å². The van der Waals surface area contributed by atoms with Crippen LogP contribution < -0.4 is 14.7 Å². The maximum absolute atomic E-state index is 2.45. The predicted molar refractivity (Wildman–Crippen MR) is 329 cm³/mol. The molecule has 0 aliphatic heterocycles. The Balaban J connectivity index is 0.918. The van der Waals surface area contributed by atoms with Crippen LogP contribution in [0.5, 0.6) is 0 Å². The Labute approximate surface area is 456 Å². The van der Waals surface area contributed by atoms with Crippen molar-refractivity contribution in [1.29, 1.82) is 0 Å². The molecule has 0 aliphatic carbocycles. The number of hydrogen-bond donors (Lipinski definition) is 0. The molecule has 4 nitrogen and oxygen atoms in total. The van der Waals surface area contributed by atoms with Gasteiger partial charge in [-0.1, -0.05) is 194 Å². The molecular formula is C74H54N4. The lowest BCUT2D eigenvalue weighted by Gasteiger charge is -2.29. The number of nitrogens with zero attached hydrogens (tertiary/aromatic N) is 4. The van der Waals surface area contributed by atoms with Crippen molar-refractivity contribution in [2.75, 3.05) is 14.7 Å². The van der Waals surface area contributed by atoms with Crippen LogP contribution in [0.3, 0.4) is 0 Å². The summed E-state index contributed by atoms with van der Waals surface area (Å²) in [5.41, 5.74) is 21.3. The van der Waals surface area contributed by atoms with Crippen molar-refractivity contribution in [2.45, 2.75) is 0 Å². The zero-order valence-electron chi connectivity index (χ0n) is 43.0. The predicted octanol–water partition coefficient (Wildman–Crippen LogP) is 20.7. The minimum Gasteiger partial charge on any atom is -0.311 e. The largest absolute Gasteiger partial charge is 0.311 e. The first kappa shape index (κ1) is 47.3. The van der Waals surface area contributed by atoms with Gasteiger partial charge in [0.25, 0.3) is 0 Å². The van der Waals surface area contributed by atoms with Crippen LogP contribution in [0.2, 0.25) is 0 Å². The fourth-order valence-corrected chi connectivity index (χ4v) is 10.9. The Morgan fingerprint density at radius 1 is 0.205 bits per heavy atom. The van der Waals surface area contributed by atoms with E-state index >= 15 is 0 Å². The van der Waals surface area contributed by atoms with Gasteiger partial charge < -0.3 is 19.3 Å². The molecule has 12 aromatic carbocycles. The molecule has 0 fully saturated rings. The highest BCUT2D eigenvalue weighted by Crippen LogP contribution is 2.46. The second-order valence-electron chi connectivity index (χ2n) is 19.4. The molecule has 0 bridgehead atoms. The maximum Gasteiger partial charge on any atom is 0.0619 e. The Bertz CT molecular complexity index is 3850. The quantitative estimate of drug-likeness (QED) is 0.108. The van der Waals surface area contributed by atoms with E-state index in [1.807, 2.05) is 0 Å². The Hall–Kier alpha value is -10.4. The molecule has 0 amide bonds. The Kier molecular flexibility index (Phi) is 13.0. The average molecular weight is 999 g/mol. The smallest absolute Gasteiger partial charge is 0.0619 e. The van der Waals surface area contributed by atoms with Crippen molar-refractivity contribution >= 4 is 62.1 Å². The van der Waals surface area contributed by atoms with Crippen LogP contribution in [0.1, 0.15) is 0 Å². The van der Waals surface area contributed by atoms with Crippen LogP contribution in [-0.2, 0) is 0 Å².